The molecule has 1 aromatic carbocycles. The van der Waals surface area contributed by atoms with Gasteiger partial charge >= 0.3 is 6.03 Å². The van der Waals surface area contributed by atoms with Gasteiger partial charge in [-0.15, -0.1) is 0 Å². The van der Waals surface area contributed by atoms with Gasteiger partial charge in [0.25, 0.3) is 0 Å². The number of anilines is 1. The Labute approximate surface area is 146 Å². The summed E-state index contributed by atoms with van der Waals surface area (Å²) in [5.41, 5.74) is 1.56. The lowest BCUT2D eigenvalue weighted by atomic mass is 10.1. The highest BCUT2D eigenvalue weighted by atomic mass is 35.5. The van der Waals surface area contributed by atoms with E-state index in [9.17, 15) is 4.79 Å². The van der Waals surface area contributed by atoms with E-state index in [-0.39, 0.29) is 12.1 Å². The van der Waals surface area contributed by atoms with Crippen molar-refractivity contribution in [3.05, 3.63) is 53.2 Å². The number of pyridine rings is 1. The Morgan fingerprint density at radius 3 is 2.62 bits per heavy atom. The first kappa shape index (κ1) is 18.0. The van der Waals surface area contributed by atoms with Gasteiger partial charge < -0.3 is 20.3 Å². The molecule has 6 nitrogen and oxygen atoms in total. The zero-order valence-corrected chi connectivity index (χ0v) is 14.7. The second-order valence-corrected chi connectivity index (χ2v) is 5.83. The molecule has 0 saturated heterocycles. The van der Waals surface area contributed by atoms with Gasteiger partial charge in [0.2, 0.25) is 5.88 Å². The van der Waals surface area contributed by atoms with Gasteiger partial charge in [-0.3, -0.25) is 0 Å². The SMILES string of the molecule is COc1ccc(NC(=O)NC[C@@H](c2ccccc2Cl)N(C)C)cn1. The quantitative estimate of drug-likeness (QED) is 0.841. The molecule has 128 valence electrons. The van der Waals surface area contributed by atoms with Crippen LogP contribution in [0.5, 0.6) is 5.88 Å². The zero-order valence-electron chi connectivity index (χ0n) is 13.9. The molecular formula is C17H21ClN4O2. The van der Waals surface area contributed by atoms with Crippen LogP contribution in [0.3, 0.4) is 0 Å². The van der Waals surface area contributed by atoms with Gasteiger partial charge in [0, 0.05) is 17.6 Å². The van der Waals surface area contributed by atoms with E-state index in [1.54, 1.807) is 12.1 Å². The monoisotopic (exact) mass is 348 g/mol. The van der Waals surface area contributed by atoms with E-state index in [0.717, 1.165) is 5.56 Å². The van der Waals surface area contributed by atoms with E-state index in [1.165, 1.54) is 13.3 Å². The Bertz CT molecular complexity index is 677. The van der Waals surface area contributed by atoms with E-state index in [4.69, 9.17) is 16.3 Å². The number of ether oxygens (including phenoxy) is 1. The highest BCUT2D eigenvalue weighted by Crippen LogP contribution is 2.25. The predicted octanol–water partition coefficient (Wildman–Crippen LogP) is 3.17. The summed E-state index contributed by atoms with van der Waals surface area (Å²) in [5.74, 6) is 0.493. The van der Waals surface area contributed by atoms with Crippen LogP contribution in [-0.4, -0.2) is 43.7 Å². The third kappa shape index (κ3) is 4.84. The molecule has 1 heterocycles. The van der Waals surface area contributed by atoms with Crippen LogP contribution >= 0.6 is 11.6 Å². The van der Waals surface area contributed by atoms with E-state index in [0.29, 0.717) is 23.1 Å². The van der Waals surface area contributed by atoms with Crippen LogP contribution in [0.15, 0.2) is 42.6 Å². The Balaban J connectivity index is 1.96. The van der Waals surface area contributed by atoms with Crippen LogP contribution in [-0.2, 0) is 0 Å². The van der Waals surface area contributed by atoms with Crippen LogP contribution in [0.25, 0.3) is 0 Å². The smallest absolute Gasteiger partial charge is 0.319 e. The van der Waals surface area contributed by atoms with Crippen molar-refractivity contribution in [3.8, 4) is 5.88 Å². The molecule has 0 aliphatic rings. The molecule has 0 saturated carbocycles. The summed E-state index contributed by atoms with van der Waals surface area (Å²) in [6, 6.07) is 10.7. The first-order chi connectivity index (χ1) is 11.5. The van der Waals surface area contributed by atoms with Crippen molar-refractivity contribution in [1.29, 1.82) is 0 Å². The molecule has 0 aliphatic carbocycles. The number of rotatable bonds is 6. The Morgan fingerprint density at radius 2 is 2.04 bits per heavy atom. The largest absolute Gasteiger partial charge is 0.481 e. The standard InChI is InChI=1S/C17H21ClN4O2/c1-22(2)15(13-6-4-5-7-14(13)18)11-20-17(23)21-12-8-9-16(24-3)19-10-12/h4-10,15H,11H2,1-3H3,(H2,20,21,23)/t15-/m0/s1. The molecule has 0 radical (unpaired) electrons. The van der Waals surface area contributed by atoms with E-state index < -0.39 is 0 Å². The van der Waals surface area contributed by atoms with Crippen molar-refractivity contribution in [3.63, 3.8) is 0 Å². The summed E-state index contributed by atoms with van der Waals surface area (Å²) in [6.45, 7) is 0.423. The fourth-order valence-electron chi connectivity index (χ4n) is 2.26. The lowest BCUT2D eigenvalue weighted by Gasteiger charge is -2.26. The Hall–Kier alpha value is -2.31. The number of halogens is 1. The van der Waals surface area contributed by atoms with Crippen molar-refractivity contribution in [1.82, 2.24) is 15.2 Å². The molecule has 1 aromatic heterocycles. The normalized spacial score (nSPS) is 11.9. The van der Waals surface area contributed by atoms with E-state index in [1.807, 2.05) is 43.3 Å². The molecule has 2 amide bonds. The number of methoxy groups -OCH3 is 1. The van der Waals surface area contributed by atoms with Gasteiger partial charge in [0.1, 0.15) is 0 Å². The summed E-state index contributed by atoms with van der Waals surface area (Å²) >= 11 is 6.26. The van der Waals surface area contributed by atoms with Gasteiger partial charge in [-0.25, -0.2) is 9.78 Å². The number of aromatic nitrogens is 1. The van der Waals surface area contributed by atoms with Gasteiger partial charge in [0.05, 0.1) is 25.0 Å². The number of amides is 2. The maximum absolute atomic E-state index is 12.1. The summed E-state index contributed by atoms with van der Waals surface area (Å²) in [6.07, 6.45) is 1.54. The molecular weight excluding hydrogens is 328 g/mol. The molecule has 2 aromatic rings. The van der Waals surface area contributed by atoms with Crippen molar-refractivity contribution in [2.75, 3.05) is 33.1 Å². The molecule has 1 atom stereocenters. The number of carbonyl (C=O) groups is 1. The molecule has 0 bridgehead atoms. The number of hydrogen-bond donors (Lipinski definition) is 2. The highest BCUT2D eigenvalue weighted by Gasteiger charge is 2.17. The number of hydrogen-bond acceptors (Lipinski definition) is 4. The fraction of sp³-hybridized carbons (Fsp3) is 0.294. The number of nitrogens with zero attached hydrogens (tertiary/aromatic N) is 2. The number of likely N-dealkylation sites (N-methyl/N-ethyl adjacent to an activating group) is 1. The minimum Gasteiger partial charge on any atom is -0.481 e. The topological polar surface area (TPSA) is 66.5 Å². The predicted molar refractivity (Wildman–Crippen MR) is 95.7 cm³/mol. The summed E-state index contributed by atoms with van der Waals surface area (Å²) in [4.78, 5) is 18.1. The van der Waals surface area contributed by atoms with Gasteiger partial charge in [0.15, 0.2) is 0 Å². The van der Waals surface area contributed by atoms with Crippen molar-refractivity contribution in [2.24, 2.45) is 0 Å². The van der Waals surface area contributed by atoms with Crippen LogP contribution < -0.4 is 15.4 Å². The lowest BCUT2D eigenvalue weighted by molar-refractivity contribution is 0.243. The highest BCUT2D eigenvalue weighted by molar-refractivity contribution is 6.31. The van der Waals surface area contributed by atoms with Crippen molar-refractivity contribution in [2.45, 2.75) is 6.04 Å². The van der Waals surface area contributed by atoms with Gasteiger partial charge in [-0.1, -0.05) is 29.8 Å². The summed E-state index contributed by atoms with van der Waals surface area (Å²) in [5, 5.41) is 6.27. The number of nitrogens with one attached hydrogen (secondary N) is 2. The molecule has 2 N–H and O–H groups in total. The minimum absolute atomic E-state index is 0.0292. The second-order valence-electron chi connectivity index (χ2n) is 5.43. The molecule has 2 rings (SSSR count). The summed E-state index contributed by atoms with van der Waals surface area (Å²) < 4.78 is 4.98. The maximum Gasteiger partial charge on any atom is 0.319 e. The molecule has 0 aliphatic heterocycles. The third-order valence-electron chi connectivity index (χ3n) is 3.55. The number of urea groups is 1. The van der Waals surface area contributed by atoms with Crippen LogP contribution in [0, 0.1) is 0 Å². The Kier molecular flexibility index (Phi) is 6.40. The number of benzene rings is 1. The first-order valence-electron chi connectivity index (χ1n) is 7.47. The van der Waals surface area contributed by atoms with E-state index >= 15 is 0 Å². The second kappa shape index (κ2) is 8.52. The fourth-order valence-corrected chi connectivity index (χ4v) is 2.52. The average Bonchev–Trinajstić information content (AvgIpc) is 2.57. The maximum atomic E-state index is 12.1. The molecule has 7 heteroatoms. The zero-order chi connectivity index (χ0) is 17.5. The van der Waals surface area contributed by atoms with Gasteiger partial charge in [-0.05, 0) is 31.8 Å². The average molecular weight is 349 g/mol. The van der Waals surface area contributed by atoms with Crippen molar-refractivity contribution < 1.29 is 9.53 Å². The molecule has 0 unspecified atom stereocenters. The van der Waals surface area contributed by atoms with E-state index in [2.05, 4.69) is 15.6 Å². The minimum atomic E-state index is -0.305. The third-order valence-corrected chi connectivity index (χ3v) is 3.89. The van der Waals surface area contributed by atoms with Crippen LogP contribution in [0.2, 0.25) is 5.02 Å². The van der Waals surface area contributed by atoms with Crippen LogP contribution in [0.1, 0.15) is 11.6 Å². The molecule has 0 spiro atoms. The molecule has 0 fully saturated rings. The first-order valence-corrected chi connectivity index (χ1v) is 7.85. The van der Waals surface area contributed by atoms with Crippen LogP contribution in [0.4, 0.5) is 10.5 Å². The van der Waals surface area contributed by atoms with Crippen molar-refractivity contribution >= 4 is 23.3 Å². The lowest BCUT2D eigenvalue weighted by Crippen LogP contribution is -2.37. The number of carbonyl (C=O) groups excluding carboxylic acids is 1. The Morgan fingerprint density at radius 1 is 1.29 bits per heavy atom. The molecule has 24 heavy (non-hydrogen) atoms. The summed E-state index contributed by atoms with van der Waals surface area (Å²) in [7, 11) is 5.43. The van der Waals surface area contributed by atoms with Gasteiger partial charge in [-0.2, -0.15) is 0 Å².